The Labute approximate surface area is 160 Å². The Morgan fingerprint density at radius 3 is 1.50 bits per heavy atom. The van der Waals surface area contributed by atoms with Crippen molar-refractivity contribution in [2.75, 3.05) is 0 Å². The van der Waals surface area contributed by atoms with Crippen LogP contribution in [0.1, 0.15) is 34.6 Å². The van der Waals surface area contributed by atoms with Crippen molar-refractivity contribution in [1.82, 2.24) is 0 Å². The normalized spacial score (nSPS) is 35.6. The third-order valence-electron chi connectivity index (χ3n) is 4.48. The molecule has 0 aromatic heterocycles. The van der Waals surface area contributed by atoms with E-state index in [1.165, 1.54) is 0 Å². The molecule has 1 N–H and O–H groups in total. The van der Waals surface area contributed by atoms with Crippen LogP contribution in [0.3, 0.4) is 0 Å². The van der Waals surface area contributed by atoms with Crippen LogP contribution in [0, 0.1) is 5.92 Å². The Hall–Kier alpha value is -2.69. The average molecular weight is 402 g/mol. The lowest BCUT2D eigenvalue weighted by Crippen LogP contribution is -2.63. The van der Waals surface area contributed by atoms with E-state index in [1.54, 1.807) is 0 Å². The number of fused-ring (bicyclic) bond motifs is 1. The average Bonchev–Trinajstić information content (AvgIpc) is 3.08. The standard InChI is InChI=1S/C17H22O11/c1-6(18)24-12-11-15(23)17(11,28-10(5)22)16(27-9(4)21)14(26-8(3)20)13(12)25-7(2)19/h11-16,23H,1-5H3/t11?,12?,13-,14?,15?,16?,17?/m0/s1. The highest BCUT2D eigenvalue weighted by molar-refractivity contribution is 5.71. The van der Waals surface area contributed by atoms with Gasteiger partial charge in [-0.05, 0) is 0 Å². The second-order valence-electron chi connectivity index (χ2n) is 6.67. The molecule has 6 unspecified atom stereocenters. The summed E-state index contributed by atoms with van der Waals surface area (Å²) in [5.74, 6) is -5.10. The third kappa shape index (κ3) is 3.93. The molecule has 0 aliphatic heterocycles. The van der Waals surface area contributed by atoms with Gasteiger partial charge in [-0.3, -0.25) is 24.0 Å². The largest absolute Gasteiger partial charge is 0.458 e. The van der Waals surface area contributed by atoms with Gasteiger partial charge in [0.05, 0.1) is 5.92 Å². The number of carbonyl (C=O) groups is 5. The van der Waals surface area contributed by atoms with Crippen molar-refractivity contribution in [3.63, 3.8) is 0 Å². The Bertz CT molecular complexity index is 701. The van der Waals surface area contributed by atoms with E-state index in [1.807, 2.05) is 0 Å². The molecule has 28 heavy (non-hydrogen) atoms. The topological polar surface area (TPSA) is 152 Å². The quantitative estimate of drug-likeness (QED) is 0.446. The smallest absolute Gasteiger partial charge is 0.303 e. The van der Waals surface area contributed by atoms with Crippen LogP contribution < -0.4 is 0 Å². The lowest BCUT2D eigenvalue weighted by molar-refractivity contribution is -0.234. The van der Waals surface area contributed by atoms with Crippen LogP contribution in [0.25, 0.3) is 0 Å². The van der Waals surface area contributed by atoms with Gasteiger partial charge in [-0.25, -0.2) is 0 Å². The summed E-state index contributed by atoms with van der Waals surface area (Å²) in [5.41, 5.74) is -1.83. The SMILES string of the molecule is CC(=O)OC1C(OC(C)=O)C2(OC(C)=O)C(O)C2C(OC(C)=O)[C@@H]1OC(C)=O. The van der Waals surface area contributed by atoms with Crippen LogP contribution in [0.2, 0.25) is 0 Å². The fourth-order valence-electron chi connectivity index (χ4n) is 3.76. The van der Waals surface area contributed by atoms with E-state index in [9.17, 15) is 29.1 Å². The molecule has 2 rings (SSSR count). The van der Waals surface area contributed by atoms with Gasteiger partial charge in [0.15, 0.2) is 30.0 Å². The van der Waals surface area contributed by atoms with Crippen LogP contribution in [-0.4, -0.2) is 71.1 Å². The predicted octanol–water partition coefficient (Wildman–Crippen LogP) is -0.981. The molecule has 0 saturated heterocycles. The van der Waals surface area contributed by atoms with Crippen molar-refractivity contribution in [3.8, 4) is 0 Å². The monoisotopic (exact) mass is 402 g/mol. The molecule has 0 aromatic carbocycles. The van der Waals surface area contributed by atoms with Gasteiger partial charge in [0, 0.05) is 34.6 Å². The minimum Gasteiger partial charge on any atom is -0.458 e. The molecule has 2 aliphatic rings. The lowest BCUT2D eigenvalue weighted by atomic mass is 9.86. The number of esters is 5. The highest BCUT2D eigenvalue weighted by atomic mass is 16.7. The second kappa shape index (κ2) is 7.74. The van der Waals surface area contributed by atoms with E-state index < -0.39 is 71.9 Å². The maximum Gasteiger partial charge on any atom is 0.303 e. The molecular formula is C17H22O11. The van der Waals surface area contributed by atoms with E-state index in [4.69, 9.17) is 23.7 Å². The highest BCUT2D eigenvalue weighted by Gasteiger charge is 2.83. The molecule has 0 heterocycles. The number of aliphatic hydroxyl groups excluding tert-OH is 1. The van der Waals surface area contributed by atoms with Crippen molar-refractivity contribution in [1.29, 1.82) is 0 Å². The molecule has 0 aromatic rings. The first-order valence-corrected chi connectivity index (χ1v) is 8.48. The summed E-state index contributed by atoms with van der Waals surface area (Å²) in [4.78, 5) is 58.2. The number of ether oxygens (including phenoxy) is 5. The van der Waals surface area contributed by atoms with Gasteiger partial charge in [-0.1, -0.05) is 0 Å². The molecule has 0 radical (unpaired) electrons. The fraction of sp³-hybridized carbons (Fsp3) is 0.706. The molecule has 7 atom stereocenters. The van der Waals surface area contributed by atoms with Crippen molar-refractivity contribution < 1.29 is 52.8 Å². The van der Waals surface area contributed by atoms with Crippen LogP contribution in [0.15, 0.2) is 0 Å². The zero-order valence-electron chi connectivity index (χ0n) is 16.0. The first kappa shape index (κ1) is 21.6. The van der Waals surface area contributed by atoms with Crippen LogP contribution >= 0.6 is 0 Å². The first-order chi connectivity index (χ1) is 12.9. The zero-order valence-corrected chi connectivity index (χ0v) is 16.0. The molecule has 0 bridgehead atoms. The van der Waals surface area contributed by atoms with Crippen molar-refractivity contribution in [3.05, 3.63) is 0 Å². The Morgan fingerprint density at radius 1 is 0.643 bits per heavy atom. The Morgan fingerprint density at radius 2 is 1.07 bits per heavy atom. The summed E-state index contributed by atoms with van der Waals surface area (Å²) < 4.78 is 26.1. The molecule has 11 heteroatoms. The number of rotatable bonds is 5. The van der Waals surface area contributed by atoms with Crippen LogP contribution in [-0.2, 0) is 47.7 Å². The van der Waals surface area contributed by atoms with Crippen LogP contribution in [0.4, 0.5) is 0 Å². The molecular weight excluding hydrogens is 380 g/mol. The fourth-order valence-corrected chi connectivity index (χ4v) is 3.76. The van der Waals surface area contributed by atoms with Gasteiger partial charge in [-0.2, -0.15) is 0 Å². The number of aliphatic hydroxyl groups is 1. The van der Waals surface area contributed by atoms with E-state index in [-0.39, 0.29) is 0 Å². The second-order valence-corrected chi connectivity index (χ2v) is 6.67. The molecule has 11 nitrogen and oxygen atoms in total. The van der Waals surface area contributed by atoms with Gasteiger partial charge in [-0.15, -0.1) is 0 Å². The van der Waals surface area contributed by atoms with Gasteiger partial charge >= 0.3 is 29.8 Å². The van der Waals surface area contributed by atoms with Crippen molar-refractivity contribution >= 4 is 29.8 Å². The highest BCUT2D eigenvalue weighted by Crippen LogP contribution is 2.59. The number of hydrogen-bond acceptors (Lipinski definition) is 11. The predicted molar refractivity (Wildman–Crippen MR) is 86.2 cm³/mol. The third-order valence-corrected chi connectivity index (χ3v) is 4.48. The lowest BCUT2D eigenvalue weighted by Gasteiger charge is -2.42. The van der Waals surface area contributed by atoms with E-state index in [0.717, 1.165) is 34.6 Å². The Kier molecular flexibility index (Phi) is 5.97. The first-order valence-electron chi connectivity index (χ1n) is 8.48. The summed E-state index contributed by atoms with van der Waals surface area (Å²) >= 11 is 0. The molecule has 156 valence electrons. The number of hydrogen-bond donors (Lipinski definition) is 1. The summed E-state index contributed by atoms with van der Waals surface area (Å²) in [6.07, 6.45) is -7.13. The zero-order chi connectivity index (χ0) is 21.4. The minimum atomic E-state index is -1.83. The van der Waals surface area contributed by atoms with Crippen LogP contribution in [0.5, 0.6) is 0 Å². The summed E-state index contributed by atoms with van der Waals surface area (Å²) in [7, 11) is 0. The maximum absolute atomic E-state index is 11.7. The van der Waals surface area contributed by atoms with Gasteiger partial charge in [0.1, 0.15) is 6.10 Å². The minimum absolute atomic E-state index is 0.773. The molecule has 0 amide bonds. The molecule has 2 aliphatic carbocycles. The number of carbonyl (C=O) groups excluding carboxylic acids is 5. The van der Waals surface area contributed by atoms with Gasteiger partial charge in [0.2, 0.25) is 0 Å². The summed E-state index contributed by atoms with van der Waals surface area (Å²) in [5, 5.41) is 10.6. The van der Waals surface area contributed by atoms with Crippen molar-refractivity contribution in [2.24, 2.45) is 5.92 Å². The molecule has 0 spiro atoms. The Balaban J connectivity index is 2.59. The summed E-state index contributed by atoms with van der Waals surface area (Å²) in [6.45, 7) is 5.36. The molecule has 2 saturated carbocycles. The van der Waals surface area contributed by atoms with E-state index >= 15 is 0 Å². The maximum atomic E-state index is 11.7. The summed E-state index contributed by atoms with van der Waals surface area (Å²) in [6, 6.07) is 0. The van der Waals surface area contributed by atoms with E-state index in [0.29, 0.717) is 0 Å². The van der Waals surface area contributed by atoms with Gasteiger partial charge in [0.25, 0.3) is 0 Å². The van der Waals surface area contributed by atoms with Crippen molar-refractivity contribution in [2.45, 2.75) is 70.7 Å². The van der Waals surface area contributed by atoms with E-state index in [2.05, 4.69) is 0 Å². The van der Waals surface area contributed by atoms with Gasteiger partial charge < -0.3 is 28.8 Å². The molecule has 2 fully saturated rings.